The minimum atomic E-state index is -0.522. The van der Waals surface area contributed by atoms with E-state index in [0.29, 0.717) is 34.9 Å². The number of anilines is 1. The number of nitrogens with one attached hydrogen (secondary N) is 1. The van der Waals surface area contributed by atoms with Crippen LogP contribution in [0.2, 0.25) is 0 Å². The van der Waals surface area contributed by atoms with E-state index < -0.39 is 5.91 Å². The third-order valence-electron chi connectivity index (χ3n) is 3.61. The van der Waals surface area contributed by atoms with Crippen LogP contribution in [0.1, 0.15) is 51.4 Å². The van der Waals surface area contributed by atoms with Crippen molar-refractivity contribution in [2.45, 2.75) is 33.6 Å². The lowest BCUT2D eigenvalue weighted by molar-refractivity contribution is 0.100. The molecule has 0 saturated heterocycles. The minimum Gasteiger partial charge on any atom is -0.494 e. The lowest BCUT2D eigenvalue weighted by Gasteiger charge is -2.08. The van der Waals surface area contributed by atoms with E-state index in [1.54, 1.807) is 18.2 Å². The molecule has 0 atom stereocenters. The zero-order valence-electron chi connectivity index (χ0n) is 14.1. The topological polar surface area (TPSA) is 81.4 Å². The Labute approximate surface area is 145 Å². The number of rotatable bonds is 7. The van der Waals surface area contributed by atoms with E-state index in [4.69, 9.17) is 10.5 Å². The first-order valence-electron chi connectivity index (χ1n) is 7.94. The summed E-state index contributed by atoms with van der Waals surface area (Å²) in [5, 5.41) is 3.31. The van der Waals surface area contributed by atoms with E-state index in [1.165, 1.54) is 11.3 Å². The van der Waals surface area contributed by atoms with Gasteiger partial charge in [0.1, 0.15) is 10.8 Å². The fourth-order valence-electron chi connectivity index (χ4n) is 2.48. The number of nitrogens with two attached hydrogens (primary N) is 1. The quantitative estimate of drug-likeness (QED) is 0.801. The molecule has 1 aromatic heterocycles. The Morgan fingerprint density at radius 2 is 2.04 bits per heavy atom. The van der Waals surface area contributed by atoms with Crippen molar-refractivity contribution in [3.8, 4) is 5.75 Å². The summed E-state index contributed by atoms with van der Waals surface area (Å²) >= 11 is 1.37. The first kappa shape index (κ1) is 18.0. The van der Waals surface area contributed by atoms with Crippen LogP contribution in [-0.2, 0) is 6.42 Å². The molecule has 24 heavy (non-hydrogen) atoms. The normalized spacial score (nSPS) is 10.5. The molecule has 2 aromatic rings. The molecule has 0 aliphatic rings. The molecule has 6 heteroatoms. The highest BCUT2D eigenvalue weighted by molar-refractivity contribution is 7.16. The lowest BCUT2D eigenvalue weighted by Crippen LogP contribution is -2.18. The van der Waals surface area contributed by atoms with E-state index in [1.807, 2.05) is 26.8 Å². The van der Waals surface area contributed by atoms with Crippen LogP contribution < -0.4 is 15.8 Å². The average Bonchev–Trinajstić information content (AvgIpc) is 2.88. The lowest BCUT2D eigenvalue weighted by atomic mass is 10.1. The van der Waals surface area contributed by atoms with Gasteiger partial charge in [0.2, 0.25) is 0 Å². The van der Waals surface area contributed by atoms with Gasteiger partial charge in [-0.1, -0.05) is 19.9 Å². The van der Waals surface area contributed by atoms with Crippen molar-refractivity contribution < 1.29 is 14.3 Å². The van der Waals surface area contributed by atoms with E-state index >= 15 is 0 Å². The molecule has 0 radical (unpaired) electrons. The van der Waals surface area contributed by atoms with Crippen LogP contribution in [0.4, 0.5) is 5.00 Å². The Balaban J connectivity index is 2.25. The molecule has 0 aliphatic heterocycles. The van der Waals surface area contributed by atoms with Crippen LogP contribution in [0.25, 0.3) is 0 Å². The van der Waals surface area contributed by atoms with Crippen molar-refractivity contribution in [2.24, 2.45) is 5.73 Å². The van der Waals surface area contributed by atoms with Gasteiger partial charge in [-0.15, -0.1) is 11.3 Å². The number of carbonyl (C=O) groups excluding carboxylic acids is 2. The highest BCUT2D eigenvalue weighted by Crippen LogP contribution is 2.33. The van der Waals surface area contributed by atoms with Crippen LogP contribution in [0.3, 0.4) is 0 Å². The molecule has 0 fully saturated rings. The van der Waals surface area contributed by atoms with Crippen molar-refractivity contribution >= 4 is 28.2 Å². The molecule has 0 saturated carbocycles. The van der Waals surface area contributed by atoms with E-state index in [-0.39, 0.29) is 5.91 Å². The number of primary amides is 1. The van der Waals surface area contributed by atoms with Gasteiger partial charge in [0.25, 0.3) is 11.8 Å². The summed E-state index contributed by atoms with van der Waals surface area (Å²) < 4.78 is 5.55. The third kappa shape index (κ3) is 3.94. The number of hydrogen-bond donors (Lipinski definition) is 2. The minimum absolute atomic E-state index is 0.289. The number of carbonyl (C=O) groups is 2. The van der Waals surface area contributed by atoms with Gasteiger partial charge < -0.3 is 15.8 Å². The Morgan fingerprint density at radius 1 is 1.29 bits per heavy atom. The number of ether oxygens (including phenoxy) is 1. The number of aryl methyl sites for hydroxylation is 1. The number of amides is 2. The fourth-order valence-corrected chi connectivity index (χ4v) is 3.62. The van der Waals surface area contributed by atoms with Crippen molar-refractivity contribution in [3.63, 3.8) is 0 Å². The van der Waals surface area contributed by atoms with Gasteiger partial charge in [-0.05, 0) is 43.5 Å². The average molecular weight is 346 g/mol. The van der Waals surface area contributed by atoms with Crippen LogP contribution in [0.5, 0.6) is 5.75 Å². The van der Waals surface area contributed by atoms with Crippen LogP contribution in [0.15, 0.2) is 24.3 Å². The molecule has 0 bridgehead atoms. The smallest absolute Gasteiger partial charge is 0.256 e. The van der Waals surface area contributed by atoms with Crippen molar-refractivity contribution in [1.29, 1.82) is 0 Å². The number of benzene rings is 1. The van der Waals surface area contributed by atoms with Gasteiger partial charge >= 0.3 is 0 Å². The molecule has 0 aliphatic carbocycles. The summed E-state index contributed by atoms with van der Waals surface area (Å²) in [6.07, 6.45) is 1.59. The molecule has 0 unspecified atom stereocenters. The predicted octanol–water partition coefficient (Wildman–Crippen LogP) is 3.76. The monoisotopic (exact) mass is 346 g/mol. The molecule has 1 heterocycles. The standard InChI is InChI=1S/C18H22N2O3S/c1-4-9-23-13-8-6-7-12(10-13)17(22)20-18-15(16(19)21)14(5-2)11(3)24-18/h6-8,10H,4-5,9H2,1-3H3,(H2,19,21)(H,20,22). The maximum Gasteiger partial charge on any atom is 0.256 e. The second kappa shape index (κ2) is 7.97. The van der Waals surface area contributed by atoms with Gasteiger partial charge in [0, 0.05) is 10.4 Å². The molecular formula is C18H22N2O3S. The predicted molar refractivity (Wildman–Crippen MR) is 97.1 cm³/mol. The number of thiophene rings is 1. The second-order valence-corrected chi connectivity index (χ2v) is 6.61. The number of hydrogen-bond acceptors (Lipinski definition) is 4. The third-order valence-corrected chi connectivity index (χ3v) is 4.67. The summed E-state index contributed by atoms with van der Waals surface area (Å²) in [6, 6.07) is 6.98. The molecule has 0 spiro atoms. The maximum absolute atomic E-state index is 12.5. The van der Waals surface area contributed by atoms with Gasteiger partial charge in [-0.2, -0.15) is 0 Å². The summed E-state index contributed by atoms with van der Waals surface area (Å²) in [7, 11) is 0. The van der Waals surface area contributed by atoms with E-state index in [9.17, 15) is 9.59 Å². The van der Waals surface area contributed by atoms with Crippen molar-refractivity contribution in [1.82, 2.24) is 0 Å². The van der Waals surface area contributed by atoms with Crippen LogP contribution in [0, 0.1) is 6.92 Å². The highest BCUT2D eigenvalue weighted by atomic mass is 32.1. The Hall–Kier alpha value is -2.34. The van der Waals surface area contributed by atoms with Crippen LogP contribution >= 0.6 is 11.3 Å². The largest absolute Gasteiger partial charge is 0.494 e. The summed E-state index contributed by atoms with van der Waals surface area (Å²) in [5.74, 6) is -0.161. The summed E-state index contributed by atoms with van der Waals surface area (Å²) in [5.41, 5.74) is 7.27. The van der Waals surface area contributed by atoms with Gasteiger partial charge in [-0.3, -0.25) is 9.59 Å². The molecule has 2 amide bonds. The summed E-state index contributed by atoms with van der Waals surface area (Å²) in [6.45, 7) is 6.50. The zero-order chi connectivity index (χ0) is 17.7. The van der Waals surface area contributed by atoms with Gasteiger partial charge in [0.15, 0.2) is 0 Å². The second-order valence-electron chi connectivity index (χ2n) is 5.39. The fraction of sp³-hybridized carbons (Fsp3) is 0.333. The molecular weight excluding hydrogens is 324 g/mol. The molecule has 2 rings (SSSR count). The van der Waals surface area contributed by atoms with Gasteiger partial charge in [-0.25, -0.2) is 0 Å². The Bertz CT molecular complexity index is 753. The van der Waals surface area contributed by atoms with E-state index in [2.05, 4.69) is 5.32 Å². The molecule has 1 aromatic carbocycles. The first-order valence-corrected chi connectivity index (χ1v) is 8.75. The van der Waals surface area contributed by atoms with Gasteiger partial charge in [0.05, 0.1) is 12.2 Å². The Morgan fingerprint density at radius 3 is 2.67 bits per heavy atom. The molecule has 128 valence electrons. The van der Waals surface area contributed by atoms with Crippen molar-refractivity contribution in [2.75, 3.05) is 11.9 Å². The molecule has 3 N–H and O–H groups in total. The SMILES string of the molecule is CCCOc1cccc(C(=O)Nc2sc(C)c(CC)c2C(N)=O)c1. The Kier molecular flexibility index (Phi) is 5.98. The molecule has 5 nitrogen and oxygen atoms in total. The van der Waals surface area contributed by atoms with Crippen molar-refractivity contribution in [3.05, 3.63) is 45.8 Å². The maximum atomic E-state index is 12.5. The summed E-state index contributed by atoms with van der Waals surface area (Å²) in [4.78, 5) is 25.3. The zero-order valence-corrected chi connectivity index (χ0v) is 15.0. The van der Waals surface area contributed by atoms with E-state index in [0.717, 1.165) is 16.9 Å². The van der Waals surface area contributed by atoms with Crippen LogP contribution in [-0.4, -0.2) is 18.4 Å². The first-order chi connectivity index (χ1) is 11.5. The highest BCUT2D eigenvalue weighted by Gasteiger charge is 2.21.